The Kier molecular flexibility index (Phi) is 132. The molecule has 3 nitrogen and oxygen atoms in total. The van der Waals surface area contributed by atoms with E-state index >= 15 is 0 Å². The summed E-state index contributed by atoms with van der Waals surface area (Å²) in [5, 5.41) is 2.93. The average Bonchev–Trinajstić information content (AvgIpc) is 2.96. The van der Waals surface area contributed by atoms with Crippen LogP contribution >= 0.6 is 27.7 Å². The fourth-order valence-electron chi connectivity index (χ4n) is 1.13. The van der Waals surface area contributed by atoms with Crippen molar-refractivity contribution in [2.24, 2.45) is 4.99 Å². The number of aryl methyl sites for hydroxylation is 1. The molecule has 0 aliphatic rings. The highest BCUT2D eigenvalue weighted by Gasteiger charge is 1.93. The number of allylic oxidation sites excluding steroid dienone is 1. The van der Waals surface area contributed by atoms with E-state index in [-0.39, 0.29) is 0 Å². The first-order chi connectivity index (χ1) is 17.1. The number of ether oxygens (including phenoxy) is 1. The molecule has 1 rings (SSSR count). The van der Waals surface area contributed by atoms with Crippen molar-refractivity contribution in [3.8, 4) is 0 Å². The van der Waals surface area contributed by atoms with Crippen LogP contribution in [0.1, 0.15) is 88.1 Å². The number of nitrogens with one attached hydrogen (secondary N) is 1. The van der Waals surface area contributed by atoms with Gasteiger partial charge in [0.15, 0.2) is 0 Å². The minimum absolute atomic E-state index is 0.774. The number of nitrogens with zero attached hydrogens (tertiary/aromatic N) is 1. The van der Waals surface area contributed by atoms with Crippen molar-refractivity contribution in [2.45, 2.75) is 94.4 Å². The molecule has 0 saturated heterocycles. The van der Waals surface area contributed by atoms with Gasteiger partial charge in [-0.3, -0.25) is 0 Å². The number of halogens is 1. The number of hydrogen-bond donors (Lipinski definition) is 1. The normalized spacial score (nSPS) is 7.17. The molecule has 1 N–H and O–H groups in total. The standard InChI is InChI=1S/C9H12S.C6H12O.C3H9N.C3H7N.3C2H6.C2H4.CH3Br/c1-3-10-9-7-5-4-6-8(9)2;1-3-5-6-7-4-2;2*1-3-4-2;5*1-2/h4-7H,3H2,1-2H3;5-6H,3-4H2,1-2H3;4H,3H2,1-2H3;2-3H2,1H3;3*1-2H3;1-2H2;1H3/b;6-5+;;;;;;;. The molecule has 0 aliphatic heterocycles. The summed E-state index contributed by atoms with van der Waals surface area (Å²) >= 11 is 4.84. The van der Waals surface area contributed by atoms with Gasteiger partial charge in [0.05, 0.1) is 12.9 Å². The van der Waals surface area contributed by atoms with E-state index in [1.54, 1.807) is 6.26 Å². The van der Waals surface area contributed by atoms with Gasteiger partial charge in [0.2, 0.25) is 0 Å². The van der Waals surface area contributed by atoms with Gasteiger partial charge >= 0.3 is 0 Å². The van der Waals surface area contributed by atoms with Crippen LogP contribution in [0.25, 0.3) is 0 Å². The van der Waals surface area contributed by atoms with Crippen molar-refractivity contribution in [1.29, 1.82) is 0 Å². The van der Waals surface area contributed by atoms with Gasteiger partial charge in [-0.1, -0.05) is 103 Å². The monoisotopic (exact) mass is 580 g/mol. The number of hydrogen-bond acceptors (Lipinski definition) is 4. The van der Waals surface area contributed by atoms with Crippen molar-refractivity contribution >= 4 is 34.4 Å². The molecule has 1 aromatic rings. The van der Waals surface area contributed by atoms with Crippen LogP contribution in [0.4, 0.5) is 0 Å². The number of rotatable bonds is 7. The largest absolute Gasteiger partial charge is 0.502 e. The molecular formula is C30H65BrN2OS. The smallest absolute Gasteiger partial charge is 0.0845 e. The Hall–Kier alpha value is -1.04. The maximum absolute atomic E-state index is 4.89. The molecule has 0 saturated carbocycles. The van der Waals surface area contributed by atoms with Crippen molar-refractivity contribution < 1.29 is 4.74 Å². The fraction of sp³-hybridized carbons (Fsp3) is 0.633. The summed E-state index contributed by atoms with van der Waals surface area (Å²) in [6.45, 7) is 36.3. The highest BCUT2D eigenvalue weighted by atomic mass is 79.9. The summed E-state index contributed by atoms with van der Waals surface area (Å²) in [5.41, 5.74) is 1.38. The SMILES string of the molecule is C=C.C=NCC.CBr.CC.CC.CC.CC/C=C/OCC.CCNC.CCSc1ccccc1C. The summed E-state index contributed by atoms with van der Waals surface area (Å²) in [5.74, 6) is 2.97. The van der Waals surface area contributed by atoms with E-state index in [0.717, 1.165) is 31.9 Å². The van der Waals surface area contributed by atoms with Gasteiger partial charge in [-0.25, -0.2) is 0 Å². The van der Waals surface area contributed by atoms with Crippen LogP contribution in [-0.4, -0.2) is 45.0 Å². The number of thioether (sulfide) groups is 1. The van der Waals surface area contributed by atoms with Gasteiger partial charge < -0.3 is 15.0 Å². The molecule has 0 radical (unpaired) electrons. The van der Waals surface area contributed by atoms with E-state index in [1.807, 2.05) is 86.1 Å². The van der Waals surface area contributed by atoms with Gasteiger partial charge in [-0.2, -0.15) is 0 Å². The zero-order valence-corrected chi connectivity index (χ0v) is 28.7. The first kappa shape index (κ1) is 54.7. The molecule has 0 aromatic heterocycles. The third-order valence-corrected chi connectivity index (χ3v) is 3.62. The van der Waals surface area contributed by atoms with Crippen LogP contribution in [0.5, 0.6) is 0 Å². The van der Waals surface area contributed by atoms with Crippen LogP contribution in [0.2, 0.25) is 0 Å². The molecule has 35 heavy (non-hydrogen) atoms. The Bertz CT molecular complexity index is 415. The van der Waals surface area contributed by atoms with Crippen LogP contribution in [0.15, 0.2) is 59.6 Å². The second kappa shape index (κ2) is 84.5. The lowest BCUT2D eigenvalue weighted by atomic mass is 10.2. The van der Waals surface area contributed by atoms with Gasteiger partial charge in [0.1, 0.15) is 0 Å². The molecule has 5 heteroatoms. The zero-order valence-electron chi connectivity index (χ0n) is 26.3. The summed E-state index contributed by atoms with van der Waals surface area (Å²) < 4.78 is 4.89. The molecule has 0 amide bonds. The molecule has 0 fully saturated rings. The zero-order chi connectivity index (χ0) is 29.8. The Morgan fingerprint density at radius 3 is 1.60 bits per heavy atom. The Labute approximate surface area is 236 Å². The predicted octanol–water partition coefficient (Wildman–Crippen LogP) is 10.9. The fourth-order valence-corrected chi connectivity index (χ4v) is 1.92. The van der Waals surface area contributed by atoms with Gasteiger partial charge in [0.25, 0.3) is 0 Å². The summed E-state index contributed by atoms with van der Waals surface area (Å²) in [6.07, 6.45) is 4.78. The summed E-state index contributed by atoms with van der Waals surface area (Å²) in [4.78, 5) is 4.89. The van der Waals surface area contributed by atoms with Crippen LogP contribution in [0.3, 0.4) is 0 Å². The molecule has 214 valence electrons. The van der Waals surface area contributed by atoms with Crippen molar-refractivity contribution in [2.75, 3.05) is 38.3 Å². The lowest BCUT2D eigenvalue weighted by molar-refractivity contribution is 0.268. The number of benzene rings is 1. The van der Waals surface area contributed by atoms with Gasteiger partial charge in [-0.05, 0) is 70.7 Å². The van der Waals surface area contributed by atoms with E-state index < -0.39 is 0 Å². The van der Waals surface area contributed by atoms with E-state index in [4.69, 9.17) is 4.74 Å². The first-order valence-corrected chi connectivity index (χ1v) is 15.6. The number of alkyl halides is 1. The molecule has 0 aliphatic carbocycles. The van der Waals surface area contributed by atoms with E-state index in [2.05, 4.69) is 98.1 Å². The molecule has 0 spiro atoms. The van der Waals surface area contributed by atoms with Crippen molar-refractivity contribution in [3.63, 3.8) is 0 Å². The van der Waals surface area contributed by atoms with E-state index in [9.17, 15) is 0 Å². The second-order valence-corrected chi connectivity index (χ2v) is 5.99. The number of aliphatic imine (C=N–C) groups is 1. The van der Waals surface area contributed by atoms with Gasteiger partial charge in [-0.15, -0.1) is 24.9 Å². The topological polar surface area (TPSA) is 33.6 Å². The average molecular weight is 582 g/mol. The minimum atomic E-state index is 0.774. The Morgan fingerprint density at radius 1 is 0.943 bits per heavy atom. The maximum atomic E-state index is 4.89. The summed E-state index contributed by atoms with van der Waals surface area (Å²) in [6, 6.07) is 8.49. The van der Waals surface area contributed by atoms with E-state index in [0.29, 0.717) is 0 Å². The Morgan fingerprint density at radius 2 is 1.34 bits per heavy atom. The molecule has 0 bridgehead atoms. The van der Waals surface area contributed by atoms with Crippen molar-refractivity contribution in [1.82, 2.24) is 5.32 Å². The molecule has 0 atom stereocenters. The second-order valence-electron chi connectivity index (χ2n) is 4.68. The highest BCUT2D eigenvalue weighted by Crippen LogP contribution is 2.20. The third kappa shape index (κ3) is 87.9. The predicted molar refractivity (Wildman–Crippen MR) is 178 cm³/mol. The minimum Gasteiger partial charge on any atom is -0.502 e. The van der Waals surface area contributed by atoms with Crippen molar-refractivity contribution in [3.05, 3.63) is 55.3 Å². The van der Waals surface area contributed by atoms with Crippen LogP contribution < -0.4 is 5.32 Å². The van der Waals surface area contributed by atoms with Crippen LogP contribution in [-0.2, 0) is 4.74 Å². The quantitative estimate of drug-likeness (QED) is 0.114. The molecule has 0 heterocycles. The van der Waals surface area contributed by atoms with Crippen LogP contribution in [0, 0.1) is 6.92 Å². The lowest BCUT2D eigenvalue weighted by Crippen LogP contribution is -2.01. The maximum Gasteiger partial charge on any atom is 0.0845 e. The summed E-state index contributed by atoms with van der Waals surface area (Å²) in [7, 11) is 1.93. The van der Waals surface area contributed by atoms with E-state index in [1.165, 1.54) is 10.5 Å². The Balaban J connectivity index is -0.0000000432. The van der Waals surface area contributed by atoms with Gasteiger partial charge in [0, 0.05) is 11.4 Å². The first-order valence-electron chi connectivity index (χ1n) is 13.0. The molecular weight excluding hydrogens is 516 g/mol. The molecule has 1 aromatic carbocycles. The molecule has 0 unspecified atom stereocenters. The highest BCUT2D eigenvalue weighted by molar-refractivity contribution is 9.08. The third-order valence-electron chi connectivity index (χ3n) is 2.57. The lowest BCUT2D eigenvalue weighted by Gasteiger charge is -2.00.